The largest absolute Gasteiger partial charge is 0.338 e. The molecule has 4 unspecified atom stereocenters. The number of nitrogens with zero attached hydrogens (tertiary/aromatic N) is 2. The fourth-order valence-corrected chi connectivity index (χ4v) is 7.06. The lowest BCUT2D eigenvalue weighted by atomic mass is 9.78. The van der Waals surface area contributed by atoms with E-state index < -0.39 is 23.9 Å². The zero-order valence-corrected chi connectivity index (χ0v) is 24.6. The van der Waals surface area contributed by atoms with E-state index >= 15 is 0 Å². The van der Waals surface area contributed by atoms with E-state index in [0.717, 1.165) is 16.0 Å². The van der Waals surface area contributed by atoms with Gasteiger partial charge in [-0.1, -0.05) is 87.0 Å². The number of rotatable bonds is 6. The Hall–Kier alpha value is -3.29. The lowest BCUT2D eigenvalue weighted by Gasteiger charge is -2.37. The number of hydrogen-bond acceptors (Lipinski definition) is 5. The number of thiophene rings is 1. The number of carbonyl (C=O) groups excluding carboxylic acids is 3. The quantitative estimate of drug-likeness (QED) is 0.409. The van der Waals surface area contributed by atoms with Gasteiger partial charge in [-0.15, -0.1) is 11.3 Å². The summed E-state index contributed by atoms with van der Waals surface area (Å²) in [7, 11) is 0. The summed E-state index contributed by atoms with van der Waals surface area (Å²) in [5, 5.41) is 5.32. The number of carbonyl (C=O) groups is 3. The first-order valence-electron chi connectivity index (χ1n) is 14.2. The van der Waals surface area contributed by atoms with Crippen molar-refractivity contribution < 1.29 is 14.4 Å². The molecule has 2 amide bonds. The van der Waals surface area contributed by atoms with Crippen molar-refractivity contribution in [2.24, 2.45) is 11.3 Å². The van der Waals surface area contributed by atoms with Crippen LogP contribution < -0.4 is 5.32 Å². The molecular weight excluding hydrogens is 518 g/mol. The Kier molecular flexibility index (Phi) is 8.24. The van der Waals surface area contributed by atoms with Crippen molar-refractivity contribution in [1.82, 2.24) is 15.1 Å². The van der Waals surface area contributed by atoms with Crippen molar-refractivity contribution in [3.63, 3.8) is 0 Å². The molecule has 2 aliphatic heterocycles. The maximum atomic E-state index is 14.6. The Labute approximate surface area is 241 Å². The number of benzene rings is 2. The minimum atomic E-state index is -0.767. The highest BCUT2D eigenvalue weighted by Gasteiger charge is 2.58. The molecule has 0 spiro atoms. The minimum Gasteiger partial charge on any atom is -0.338 e. The van der Waals surface area contributed by atoms with Gasteiger partial charge in [0.05, 0.1) is 12.0 Å². The predicted molar refractivity (Wildman–Crippen MR) is 159 cm³/mol. The molecule has 210 valence electrons. The van der Waals surface area contributed by atoms with Crippen molar-refractivity contribution in [3.8, 4) is 0 Å². The van der Waals surface area contributed by atoms with E-state index in [4.69, 9.17) is 0 Å². The molecule has 3 aromatic rings. The van der Waals surface area contributed by atoms with Crippen LogP contribution in [0.1, 0.15) is 65.5 Å². The van der Waals surface area contributed by atoms with Gasteiger partial charge in [0, 0.05) is 49.0 Å². The molecule has 2 fully saturated rings. The van der Waals surface area contributed by atoms with Crippen LogP contribution >= 0.6 is 11.3 Å². The van der Waals surface area contributed by atoms with Crippen molar-refractivity contribution in [3.05, 3.63) is 93.7 Å². The Bertz CT molecular complexity index is 1330. The zero-order chi connectivity index (χ0) is 28.4. The van der Waals surface area contributed by atoms with E-state index in [-0.39, 0.29) is 29.4 Å². The van der Waals surface area contributed by atoms with E-state index in [9.17, 15) is 14.4 Å². The maximum absolute atomic E-state index is 14.6. The Morgan fingerprint density at radius 1 is 0.925 bits per heavy atom. The molecule has 2 saturated heterocycles. The first kappa shape index (κ1) is 28.2. The van der Waals surface area contributed by atoms with E-state index in [0.29, 0.717) is 31.7 Å². The summed E-state index contributed by atoms with van der Waals surface area (Å²) in [5.41, 5.74) is 2.29. The second-order valence-corrected chi connectivity index (χ2v) is 13.2. The molecule has 1 N–H and O–H groups in total. The number of nitrogens with one attached hydrogen (secondary N) is 1. The zero-order valence-electron chi connectivity index (χ0n) is 23.8. The monoisotopic (exact) mass is 557 g/mol. The smallest absolute Gasteiger partial charge is 0.246 e. The maximum Gasteiger partial charge on any atom is 0.246 e. The van der Waals surface area contributed by atoms with Gasteiger partial charge < -0.3 is 15.1 Å². The topological polar surface area (TPSA) is 69.7 Å². The number of Topliss-reactive ketones (excluding diaryl/α,β-unsaturated/α-hetero) is 1. The van der Waals surface area contributed by atoms with Crippen molar-refractivity contribution >= 4 is 28.9 Å². The summed E-state index contributed by atoms with van der Waals surface area (Å²) >= 11 is 1.56. The van der Waals surface area contributed by atoms with E-state index in [1.807, 2.05) is 105 Å². The molecule has 2 aromatic carbocycles. The summed E-state index contributed by atoms with van der Waals surface area (Å²) in [6.45, 7) is 10.7. The van der Waals surface area contributed by atoms with Crippen LogP contribution in [-0.4, -0.2) is 59.6 Å². The summed E-state index contributed by atoms with van der Waals surface area (Å²) in [5.74, 6) is -1.25. The van der Waals surface area contributed by atoms with Gasteiger partial charge in [0.25, 0.3) is 0 Å². The lowest BCUT2D eigenvalue weighted by molar-refractivity contribution is -0.147. The average molecular weight is 558 g/mol. The molecule has 2 aliphatic rings. The predicted octanol–water partition coefficient (Wildman–Crippen LogP) is 5.46. The molecule has 6 nitrogen and oxygen atoms in total. The van der Waals surface area contributed by atoms with Gasteiger partial charge in [0.1, 0.15) is 6.04 Å². The number of ketones is 1. The van der Waals surface area contributed by atoms with Crippen LogP contribution in [0.15, 0.2) is 72.1 Å². The molecule has 7 heteroatoms. The third-order valence-electron chi connectivity index (χ3n) is 7.97. The molecule has 4 atom stereocenters. The van der Waals surface area contributed by atoms with Gasteiger partial charge in [-0.25, -0.2) is 0 Å². The molecule has 0 aliphatic carbocycles. The summed E-state index contributed by atoms with van der Waals surface area (Å²) in [6, 6.07) is 20.1. The summed E-state index contributed by atoms with van der Waals surface area (Å²) < 4.78 is 0. The fourth-order valence-electron chi connectivity index (χ4n) is 6.16. The van der Waals surface area contributed by atoms with Crippen LogP contribution in [0.3, 0.4) is 0 Å². The highest BCUT2D eigenvalue weighted by Crippen LogP contribution is 2.53. The number of piperazine rings is 1. The first-order chi connectivity index (χ1) is 19.2. The second kappa shape index (κ2) is 11.7. The van der Waals surface area contributed by atoms with Gasteiger partial charge >= 0.3 is 0 Å². The van der Waals surface area contributed by atoms with E-state index in [1.165, 1.54) is 0 Å². The fraction of sp³-hybridized carbons (Fsp3) is 0.424. The van der Waals surface area contributed by atoms with Gasteiger partial charge in [-0.05, 0) is 29.3 Å². The molecule has 3 heterocycles. The average Bonchev–Trinajstić information content (AvgIpc) is 3.59. The van der Waals surface area contributed by atoms with Gasteiger partial charge in [-0.3, -0.25) is 14.4 Å². The Balaban J connectivity index is 1.72. The van der Waals surface area contributed by atoms with E-state index in [2.05, 4.69) is 5.32 Å². The molecule has 0 radical (unpaired) electrons. The lowest BCUT2D eigenvalue weighted by Crippen LogP contribution is -2.55. The second-order valence-electron chi connectivity index (χ2n) is 12.2. The van der Waals surface area contributed by atoms with Crippen LogP contribution in [0.2, 0.25) is 0 Å². The molecule has 0 bridgehead atoms. The highest BCUT2D eigenvalue weighted by atomic mass is 32.1. The van der Waals surface area contributed by atoms with Crippen LogP contribution in [-0.2, 0) is 9.59 Å². The number of aryl methyl sites for hydroxylation is 1. The highest BCUT2D eigenvalue weighted by molar-refractivity contribution is 7.10. The van der Waals surface area contributed by atoms with Gasteiger partial charge in [0.15, 0.2) is 5.78 Å². The number of likely N-dealkylation sites (tertiary alicyclic amines) is 1. The number of hydrogen-bond donors (Lipinski definition) is 1. The van der Waals surface area contributed by atoms with Crippen LogP contribution in [0.4, 0.5) is 0 Å². The van der Waals surface area contributed by atoms with Crippen molar-refractivity contribution in [2.45, 2.75) is 52.1 Å². The van der Waals surface area contributed by atoms with Crippen LogP contribution in [0.25, 0.3) is 0 Å². The van der Waals surface area contributed by atoms with Crippen molar-refractivity contribution in [1.29, 1.82) is 0 Å². The minimum absolute atomic E-state index is 0.0311. The number of amides is 2. The normalized spacial score (nSPS) is 23.3. The standard InChI is InChI=1S/C33H39N3O3S/c1-22-12-14-24(15-13-22)31(38)28-27(25-11-8-20-40-25)30(32(39)35-18-16-34-17-19-35)36(26(37)21-33(2,3)4)29(28)23-9-6-5-7-10-23/h5-15,20,27-30,34H,16-19,21H2,1-4H3. The first-order valence-corrected chi connectivity index (χ1v) is 15.0. The molecule has 40 heavy (non-hydrogen) atoms. The van der Waals surface area contributed by atoms with Gasteiger partial charge in [-0.2, -0.15) is 0 Å². The van der Waals surface area contributed by atoms with Crippen molar-refractivity contribution in [2.75, 3.05) is 26.2 Å². The Morgan fingerprint density at radius 3 is 2.20 bits per heavy atom. The van der Waals surface area contributed by atoms with Gasteiger partial charge in [0.2, 0.25) is 11.8 Å². The third-order valence-corrected chi connectivity index (χ3v) is 8.94. The SMILES string of the molecule is Cc1ccc(C(=O)C2C(c3cccs3)C(C(=O)N3CCNCC3)N(C(=O)CC(C)(C)C)C2c2ccccc2)cc1. The molecular formula is C33H39N3O3S. The Morgan fingerprint density at radius 2 is 1.60 bits per heavy atom. The summed E-state index contributed by atoms with van der Waals surface area (Å²) in [6.07, 6.45) is 0.282. The molecule has 0 saturated carbocycles. The van der Waals surface area contributed by atoms with Crippen LogP contribution in [0.5, 0.6) is 0 Å². The third kappa shape index (κ3) is 5.77. The van der Waals surface area contributed by atoms with Crippen LogP contribution in [0, 0.1) is 18.3 Å². The molecule has 1 aromatic heterocycles. The van der Waals surface area contributed by atoms with E-state index in [1.54, 1.807) is 16.2 Å². The summed E-state index contributed by atoms with van der Waals surface area (Å²) in [4.78, 5) is 48.1. The molecule has 5 rings (SSSR count).